The first-order valence-electron chi connectivity index (χ1n) is 10.7. The molecule has 0 spiro atoms. The summed E-state index contributed by atoms with van der Waals surface area (Å²) in [4.78, 5) is 14.8. The molecule has 1 saturated carbocycles. The fraction of sp³-hybridized carbons (Fsp3) is 0.409. The van der Waals surface area contributed by atoms with Crippen molar-refractivity contribution in [2.75, 3.05) is 20.1 Å². The van der Waals surface area contributed by atoms with Gasteiger partial charge >= 0.3 is 6.18 Å². The Kier molecular flexibility index (Phi) is 5.29. The first kappa shape index (κ1) is 22.6. The Morgan fingerprint density at radius 1 is 1.15 bits per heavy atom. The minimum absolute atomic E-state index is 0.00719. The Balaban J connectivity index is 1.35. The van der Waals surface area contributed by atoms with Crippen molar-refractivity contribution in [1.82, 2.24) is 24.2 Å². The second kappa shape index (κ2) is 7.95. The summed E-state index contributed by atoms with van der Waals surface area (Å²) >= 11 is 0. The molecular weight excluding hydrogens is 471 g/mol. The van der Waals surface area contributed by atoms with Crippen LogP contribution >= 0.6 is 0 Å². The normalized spacial score (nSPS) is 22.7. The highest BCUT2D eigenvalue weighted by Gasteiger charge is 2.45. The summed E-state index contributed by atoms with van der Waals surface area (Å²) in [7, 11) is -2.44. The molecule has 1 saturated heterocycles. The Morgan fingerprint density at radius 3 is 2.50 bits per heavy atom. The SMILES string of the molecule is CNS(=O)(=O)c1ccc2nnc(C(=O)N3CC4CC(c5ccc#cc5C(F)(F)F)CC4C3)n2c1. The van der Waals surface area contributed by atoms with Crippen molar-refractivity contribution in [3.63, 3.8) is 0 Å². The van der Waals surface area contributed by atoms with Gasteiger partial charge in [0.05, 0.1) is 4.90 Å². The number of alkyl halides is 3. The second-order valence-electron chi connectivity index (χ2n) is 8.65. The number of nitrogens with zero attached hydrogens (tertiary/aromatic N) is 4. The van der Waals surface area contributed by atoms with Gasteiger partial charge in [-0.3, -0.25) is 9.20 Å². The van der Waals surface area contributed by atoms with Crippen LogP contribution in [0.25, 0.3) is 5.65 Å². The third-order valence-electron chi connectivity index (χ3n) is 6.74. The van der Waals surface area contributed by atoms with Gasteiger partial charge in [-0.25, -0.2) is 13.1 Å². The molecule has 0 radical (unpaired) electrons. The first-order valence-corrected chi connectivity index (χ1v) is 12.1. The Morgan fingerprint density at radius 2 is 1.85 bits per heavy atom. The van der Waals surface area contributed by atoms with Crippen molar-refractivity contribution in [1.29, 1.82) is 0 Å². The molecule has 0 bridgehead atoms. The van der Waals surface area contributed by atoms with Crippen LogP contribution in [0.4, 0.5) is 13.2 Å². The number of carbonyl (C=O) groups is 1. The molecule has 2 atom stereocenters. The van der Waals surface area contributed by atoms with Crippen molar-refractivity contribution in [3.05, 3.63) is 59.5 Å². The number of sulfonamides is 1. The predicted molar refractivity (Wildman–Crippen MR) is 113 cm³/mol. The van der Waals surface area contributed by atoms with Gasteiger partial charge in [0, 0.05) is 19.3 Å². The van der Waals surface area contributed by atoms with E-state index in [1.807, 2.05) is 0 Å². The molecule has 3 aromatic rings. The number of carbonyl (C=O) groups excluding carboxylic acids is 1. The van der Waals surface area contributed by atoms with E-state index >= 15 is 0 Å². The standard InChI is InChI=1S/C22H20F3N5O3S/c1-26-34(32,33)16-6-7-19-27-28-20(30(19)12-16)21(31)29-10-14-8-13(9-15(14)11-29)17-4-2-3-5-18(17)22(23,24)25/h2,4,6-7,12-15,26H,8-11H2,1H3. The lowest BCUT2D eigenvalue weighted by atomic mass is 9.92. The Hall–Kier alpha value is -3.17. The van der Waals surface area contributed by atoms with Gasteiger partial charge in [0.2, 0.25) is 15.8 Å². The molecule has 8 nitrogen and oxygen atoms in total. The van der Waals surface area contributed by atoms with Gasteiger partial charge in [-0.05, 0) is 67.5 Å². The molecule has 1 N–H and O–H groups in total. The molecule has 12 heteroatoms. The number of hydrogen-bond acceptors (Lipinski definition) is 5. The molecule has 178 valence electrons. The van der Waals surface area contributed by atoms with Gasteiger partial charge in [0.25, 0.3) is 5.91 Å². The molecule has 3 heterocycles. The molecule has 34 heavy (non-hydrogen) atoms. The first-order chi connectivity index (χ1) is 16.1. The average Bonchev–Trinajstić information content (AvgIpc) is 3.50. The average molecular weight is 491 g/mol. The van der Waals surface area contributed by atoms with Crippen LogP contribution in [0, 0.1) is 24.0 Å². The van der Waals surface area contributed by atoms with E-state index in [1.165, 1.54) is 41.9 Å². The minimum atomic E-state index is -4.48. The third kappa shape index (κ3) is 3.78. The lowest BCUT2D eigenvalue weighted by Gasteiger charge is -2.20. The van der Waals surface area contributed by atoms with Gasteiger partial charge in [0.15, 0.2) is 5.65 Å². The van der Waals surface area contributed by atoms with Gasteiger partial charge in [-0.15, -0.1) is 10.2 Å². The molecule has 2 aliphatic rings. The molecule has 2 aromatic heterocycles. The van der Waals surface area contributed by atoms with Crippen molar-refractivity contribution in [2.45, 2.75) is 29.8 Å². The fourth-order valence-electron chi connectivity index (χ4n) is 5.13. The number of pyridine rings is 1. The van der Waals surface area contributed by atoms with E-state index in [2.05, 4.69) is 27.1 Å². The number of aromatic nitrogens is 3. The van der Waals surface area contributed by atoms with Crippen LogP contribution in [-0.2, 0) is 16.2 Å². The van der Waals surface area contributed by atoms with Crippen LogP contribution in [0.5, 0.6) is 0 Å². The minimum Gasteiger partial charge on any atom is -0.335 e. The van der Waals surface area contributed by atoms with Crippen molar-refractivity contribution in [2.24, 2.45) is 11.8 Å². The molecule has 1 aliphatic heterocycles. The van der Waals surface area contributed by atoms with Crippen LogP contribution in [-0.4, -0.2) is 54.0 Å². The highest BCUT2D eigenvalue weighted by Crippen LogP contribution is 2.48. The van der Waals surface area contributed by atoms with Crippen LogP contribution in [0.1, 0.15) is 40.5 Å². The number of rotatable bonds is 4. The number of fused-ring (bicyclic) bond motifs is 2. The number of hydrogen-bond donors (Lipinski definition) is 1. The quantitative estimate of drug-likeness (QED) is 0.605. The van der Waals surface area contributed by atoms with Crippen LogP contribution < -0.4 is 4.72 Å². The highest BCUT2D eigenvalue weighted by atomic mass is 32.2. The fourth-order valence-corrected chi connectivity index (χ4v) is 5.86. The largest absolute Gasteiger partial charge is 0.424 e. The molecular formula is C22H20F3N5O3S. The summed E-state index contributed by atoms with van der Waals surface area (Å²) in [5.74, 6) is -0.515. The number of nitrogens with one attached hydrogen (secondary N) is 1. The van der Waals surface area contributed by atoms with E-state index < -0.39 is 27.7 Å². The molecule has 1 amide bonds. The Bertz CT molecular complexity index is 1360. The molecule has 1 aliphatic carbocycles. The molecule has 5 rings (SSSR count). The summed E-state index contributed by atoms with van der Waals surface area (Å²) in [6.45, 7) is 0.793. The summed E-state index contributed by atoms with van der Waals surface area (Å²) in [5, 5.41) is 7.91. The summed E-state index contributed by atoms with van der Waals surface area (Å²) in [6, 6.07) is 10.4. The van der Waals surface area contributed by atoms with Gasteiger partial charge in [0.1, 0.15) is 5.56 Å². The van der Waals surface area contributed by atoms with E-state index in [0.29, 0.717) is 31.6 Å². The monoisotopic (exact) mass is 491 g/mol. The van der Waals surface area contributed by atoms with E-state index in [9.17, 15) is 26.4 Å². The van der Waals surface area contributed by atoms with Gasteiger partial charge < -0.3 is 4.90 Å². The zero-order valence-corrected chi connectivity index (χ0v) is 18.8. The van der Waals surface area contributed by atoms with Crippen molar-refractivity contribution < 1.29 is 26.4 Å². The Labute approximate surface area is 193 Å². The maximum absolute atomic E-state index is 13.4. The van der Waals surface area contributed by atoms with E-state index in [1.54, 1.807) is 4.90 Å². The lowest BCUT2D eigenvalue weighted by Crippen LogP contribution is -2.31. The van der Waals surface area contributed by atoms with Crippen molar-refractivity contribution in [3.8, 4) is 0 Å². The van der Waals surface area contributed by atoms with Crippen LogP contribution in [0.3, 0.4) is 0 Å². The van der Waals surface area contributed by atoms with E-state index in [0.717, 1.165) is 0 Å². The maximum atomic E-state index is 13.4. The summed E-state index contributed by atoms with van der Waals surface area (Å²) in [6.07, 6.45) is -2.11. The molecule has 2 fully saturated rings. The maximum Gasteiger partial charge on any atom is 0.424 e. The van der Waals surface area contributed by atoms with Crippen molar-refractivity contribution >= 4 is 21.6 Å². The lowest BCUT2D eigenvalue weighted by molar-refractivity contribution is -0.138. The zero-order valence-electron chi connectivity index (χ0n) is 18.0. The van der Waals surface area contributed by atoms with Gasteiger partial charge in [-0.2, -0.15) is 13.2 Å². The van der Waals surface area contributed by atoms with Crippen LogP contribution in [0.2, 0.25) is 0 Å². The summed E-state index contributed by atoms with van der Waals surface area (Å²) in [5.41, 5.74) is -0.204. The predicted octanol–water partition coefficient (Wildman–Crippen LogP) is 2.52. The third-order valence-corrected chi connectivity index (χ3v) is 8.14. The second-order valence-corrected chi connectivity index (χ2v) is 10.5. The topological polar surface area (TPSA) is 96.7 Å². The van der Waals surface area contributed by atoms with Gasteiger partial charge in [-0.1, -0.05) is 12.1 Å². The summed E-state index contributed by atoms with van der Waals surface area (Å²) < 4.78 is 68.1. The number of likely N-dealkylation sites (tertiary alicyclic amines) is 1. The highest BCUT2D eigenvalue weighted by molar-refractivity contribution is 7.89. The smallest absolute Gasteiger partial charge is 0.335 e. The number of halogens is 3. The molecule has 2 unspecified atom stereocenters. The van der Waals surface area contributed by atoms with Crippen LogP contribution in [0.15, 0.2) is 35.4 Å². The van der Waals surface area contributed by atoms with E-state index in [4.69, 9.17) is 0 Å². The number of amides is 1. The zero-order chi connectivity index (χ0) is 24.3. The molecule has 1 aromatic carbocycles. The van der Waals surface area contributed by atoms with E-state index in [-0.39, 0.29) is 34.0 Å².